The minimum Gasteiger partial charge on any atom is -0.385 e. The van der Waals surface area contributed by atoms with Crippen LogP contribution in [0.25, 0.3) is 0 Å². The molecule has 110 valence electrons. The van der Waals surface area contributed by atoms with E-state index >= 15 is 0 Å². The summed E-state index contributed by atoms with van der Waals surface area (Å²) in [5, 5.41) is 5.31. The molecule has 0 heterocycles. The van der Waals surface area contributed by atoms with Crippen molar-refractivity contribution in [1.82, 2.24) is 0 Å². The topological polar surface area (TPSA) is 41.1 Å². The molecule has 1 amide bonds. The maximum absolute atomic E-state index is 13.4. The summed E-state index contributed by atoms with van der Waals surface area (Å²) in [4.78, 5) is 11.7. The molecule has 2 rings (SSSR count). The molecule has 2 N–H and O–H groups in total. The molecule has 21 heavy (non-hydrogen) atoms. The Morgan fingerprint density at radius 2 is 1.67 bits per heavy atom. The molecule has 3 nitrogen and oxygen atoms in total. The maximum Gasteiger partial charge on any atom is 0.226 e. The second-order valence-corrected chi connectivity index (χ2v) is 4.69. The smallest absolute Gasteiger partial charge is 0.226 e. The Hall–Kier alpha value is -2.43. The second-order valence-electron chi connectivity index (χ2n) is 4.69. The Labute approximate surface area is 122 Å². The predicted octanol–water partition coefficient (Wildman–Crippen LogP) is 3.71. The number of para-hydroxylation sites is 1. The number of benzene rings is 2. The summed E-state index contributed by atoms with van der Waals surface area (Å²) in [6.45, 7) is 2.37. The van der Waals surface area contributed by atoms with Gasteiger partial charge >= 0.3 is 0 Å². The lowest BCUT2D eigenvalue weighted by Gasteiger charge is -2.09. The van der Waals surface area contributed by atoms with Gasteiger partial charge in [-0.3, -0.25) is 4.79 Å². The Morgan fingerprint density at radius 3 is 2.29 bits per heavy atom. The van der Waals surface area contributed by atoms with Crippen LogP contribution in [0.5, 0.6) is 0 Å². The first-order chi connectivity index (χ1) is 10.1. The summed E-state index contributed by atoms with van der Waals surface area (Å²) in [5.74, 6) is -2.01. The van der Waals surface area contributed by atoms with Crippen molar-refractivity contribution in [3.8, 4) is 0 Å². The molecule has 0 spiro atoms. The first-order valence-electron chi connectivity index (χ1n) is 6.60. The zero-order valence-corrected chi connectivity index (χ0v) is 11.6. The van der Waals surface area contributed by atoms with E-state index in [1.165, 1.54) is 6.07 Å². The molecule has 0 aliphatic carbocycles. The molecule has 0 aliphatic heterocycles. The minimum absolute atomic E-state index is 0.113. The number of hydrogen-bond acceptors (Lipinski definition) is 2. The summed E-state index contributed by atoms with van der Waals surface area (Å²) in [6, 6.07) is 11.2. The molecule has 0 radical (unpaired) electrons. The number of carbonyl (C=O) groups excluding carboxylic acids is 1. The van der Waals surface area contributed by atoms with Crippen LogP contribution in [0.15, 0.2) is 42.5 Å². The van der Waals surface area contributed by atoms with Crippen LogP contribution in [-0.2, 0) is 4.79 Å². The molecular weight excluding hydrogens is 274 g/mol. The highest BCUT2D eigenvalue weighted by molar-refractivity contribution is 5.91. The number of amides is 1. The average molecular weight is 290 g/mol. The van der Waals surface area contributed by atoms with Gasteiger partial charge in [0.05, 0.1) is 0 Å². The van der Waals surface area contributed by atoms with Gasteiger partial charge in [-0.1, -0.05) is 23.8 Å². The second kappa shape index (κ2) is 6.83. The van der Waals surface area contributed by atoms with Crippen LogP contribution in [-0.4, -0.2) is 12.5 Å². The van der Waals surface area contributed by atoms with Crippen molar-refractivity contribution in [2.75, 3.05) is 17.2 Å². The van der Waals surface area contributed by atoms with E-state index < -0.39 is 23.2 Å². The third-order valence-electron chi connectivity index (χ3n) is 2.96. The number of nitrogens with one attached hydrogen (secondary N) is 2. The predicted molar refractivity (Wildman–Crippen MR) is 79.3 cm³/mol. The van der Waals surface area contributed by atoms with Gasteiger partial charge in [-0.15, -0.1) is 0 Å². The van der Waals surface area contributed by atoms with Crippen molar-refractivity contribution in [1.29, 1.82) is 0 Å². The average Bonchev–Trinajstić information content (AvgIpc) is 2.45. The highest BCUT2D eigenvalue weighted by Gasteiger charge is 2.11. The van der Waals surface area contributed by atoms with Crippen molar-refractivity contribution >= 4 is 17.3 Å². The van der Waals surface area contributed by atoms with E-state index in [4.69, 9.17) is 0 Å². The number of rotatable bonds is 5. The Balaban J connectivity index is 1.84. The minimum atomic E-state index is -0.783. The molecule has 2 aromatic rings. The highest BCUT2D eigenvalue weighted by Crippen LogP contribution is 2.18. The molecule has 5 heteroatoms. The Morgan fingerprint density at radius 1 is 1.05 bits per heavy atom. The fourth-order valence-corrected chi connectivity index (χ4v) is 1.81. The summed E-state index contributed by atoms with van der Waals surface area (Å²) in [7, 11) is 0. The molecule has 0 saturated carbocycles. The number of carbonyl (C=O) groups is 1. The van der Waals surface area contributed by atoms with E-state index in [-0.39, 0.29) is 6.42 Å². The summed E-state index contributed by atoms with van der Waals surface area (Å²) in [6.07, 6.45) is 0.113. The van der Waals surface area contributed by atoms with E-state index in [0.717, 1.165) is 23.4 Å². The molecule has 0 aliphatic rings. The van der Waals surface area contributed by atoms with Crippen LogP contribution in [0.2, 0.25) is 0 Å². The Bertz CT molecular complexity index is 606. The number of anilines is 2. The monoisotopic (exact) mass is 290 g/mol. The van der Waals surface area contributed by atoms with Crippen molar-refractivity contribution in [2.24, 2.45) is 0 Å². The number of aryl methyl sites for hydroxylation is 1. The highest BCUT2D eigenvalue weighted by atomic mass is 19.1. The summed E-state index contributed by atoms with van der Waals surface area (Å²) >= 11 is 0. The van der Waals surface area contributed by atoms with Gasteiger partial charge in [0.1, 0.15) is 17.3 Å². The molecule has 0 saturated heterocycles. The van der Waals surface area contributed by atoms with E-state index in [9.17, 15) is 13.6 Å². The number of hydrogen-bond donors (Lipinski definition) is 2. The molecule has 0 fully saturated rings. The first kappa shape index (κ1) is 15.0. The zero-order valence-electron chi connectivity index (χ0n) is 11.6. The zero-order chi connectivity index (χ0) is 15.2. The van der Waals surface area contributed by atoms with Gasteiger partial charge in [0, 0.05) is 18.7 Å². The van der Waals surface area contributed by atoms with Gasteiger partial charge in [0.25, 0.3) is 0 Å². The van der Waals surface area contributed by atoms with Crippen molar-refractivity contribution in [3.05, 3.63) is 59.7 Å². The van der Waals surface area contributed by atoms with Gasteiger partial charge in [-0.05, 0) is 31.2 Å². The third kappa shape index (κ3) is 4.27. The van der Waals surface area contributed by atoms with Crippen LogP contribution >= 0.6 is 0 Å². The summed E-state index contributed by atoms with van der Waals surface area (Å²) < 4.78 is 26.7. The summed E-state index contributed by atoms with van der Waals surface area (Å²) in [5.41, 5.74) is 1.64. The Kier molecular flexibility index (Phi) is 4.87. The largest absolute Gasteiger partial charge is 0.385 e. The molecule has 0 unspecified atom stereocenters. The van der Waals surface area contributed by atoms with Gasteiger partial charge in [0.2, 0.25) is 5.91 Å². The standard InChI is InChI=1S/C16H16F2N2O/c1-11-5-7-12(8-6-11)19-10-9-15(21)20-16-13(17)3-2-4-14(16)18/h2-8,19H,9-10H2,1H3,(H,20,21). The van der Waals surface area contributed by atoms with Crippen LogP contribution in [0.4, 0.5) is 20.2 Å². The van der Waals surface area contributed by atoms with E-state index in [2.05, 4.69) is 10.6 Å². The lowest BCUT2D eigenvalue weighted by atomic mass is 10.2. The fraction of sp³-hybridized carbons (Fsp3) is 0.188. The third-order valence-corrected chi connectivity index (χ3v) is 2.96. The van der Waals surface area contributed by atoms with Crippen LogP contribution in [0.3, 0.4) is 0 Å². The molecule has 2 aromatic carbocycles. The number of halogens is 2. The quantitative estimate of drug-likeness (QED) is 0.881. The van der Waals surface area contributed by atoms with Gasteiger partial charge < -0.3 is 10.6 Å². The molecule has 0 atom stereocenters. The van der Waals surface area contributed by atoms with Gasteiger partial charge in [-0.2, -0.15) is 0 Å². The fourth-order valence-electron chi connectivity index (χ4n) is 1.81. The van der Waals surface area contributed by atoms with Gasteiger partial charge in [0.15, 0.2) is 0 Å². The van der Waals surface area contributed by atoms with E-state index in [0.29, 0.717) is 6.54 Å². The molecule has 0 bridgehead atoms. The lowest BCUT2D eigenvalue weighted by molar-refractivity contribution is -0.116. The van der Waals surface area contributed by atoms with Crippen LogP contribution < -0.4 is 10.6 Å². The molecule has 0 aromatic heterocycles. The van der Waals surface area contributed by atoms with Crippen molar-refractivity contribution < 1.29 is 13.6 Å². The first-order valence-corrected chi connectivity index (χ1v) is 6.60. The molecular formula is C16H16F2N2O. The van der Waals surface area contributed by atoms with Crippen molar-refractivity contribution in [3.63, 3.8) is 0 Å². The van der Waals surface area contributed by atoms with Gasteiger partial charge in [-0.25, -0.2) is 8.78 Å². The SMILES string of the molecule is Cc1ccc(NCCC(=O)Nc2c(F)cccc2F)cc1. The maximum atomic E-state index is 13.4. The van der Waals surface area contributed by atoms with Crippen LogP contribution in [0, 0.1) is 18.6 Å². The normalized spacial score (nSPS) is 10.2. The van der Waals surface area contributed by atoms with Crippen molar-refractivity contribution in [2.45, 2.75) is 13.3 Å². The van der Waals surface area contributed by atoms with Crippen LogP contribution in [0.1, 0.15) is 12.0 Å². The lowest BCUT2D eigenvalue weighted by Crippen LogP contribution is -2.17. The van der Waals surface area contributed by atoms with E-state index in [1.807, 2.05) is 31.2 Å². The van der Waals surface area contributed by atoms with E-state index in [1.54, 1.807) is 0 Å².